The molecule has 7 heteroatoms. The van der Waals surface area contributed by atoms with Gasteiger partial charge in [0.05, 0.1) is 18.9 Å². The van der Waals surface area contributed by atoms with E-state index in [1.807, 2.05) is 47.6 Å². The lowest BCUT2D eigenvalue weighted by Gasteiger charge is -2.28. The Morgan fingerprint density at radius 1 is 1.23 bits per heavy atom. The molecule has 1 atom stereocenters. The maximum Gasteiger partial charge on any atom is 0.223 e. The van der Waals surface area contributed by atoms with E-state index in [-0.39, 0.29) is 17.4 Å². The highest BCUT2D eigenvalue weighted by Gasteiger charge is 2.30. The molecule has 0 radical (unpaired) electrons. The fourth-order valence-corrected chi connectivity index (χ4v) is 4.18. The van der Waals surface area contributed by atoms with Crippen LogP contribution >= 0.6 is 0 Å². The Labute approximate surface area is 183 Å². The number of hydrogen-bond acceptors (Lipinski definition) is 5. The van der Waals surface area contributed by atoms with E-state index in [9.17, 15) is 4.79 Å². The Hall–Kier alpha value is -3.09. The van der Waals surface area contributed by atoms with Gasteiger partial charge in [-0.25, -0.2) is 9.50 Å². The molecule has 0 spiro atoms. The molecule has 3 heterocycles. The van der Waals surface area contributed by atoms with Gasteiger partial charge in [0.2, 0.25) is 5.91 Å². The summed E-state index contributed by atoms with van der Waals surface area (Å²) >= 11 is 0. The van der Waals surface area contributed by atoms with Gasteiger partial charge in [-0.05, 0) is 30.4 Å². The monoisotopic (exact) mass is 421 g/mol. The third-order valence-electron chi connectivity index (χ3n) is 5.66. The van der Waals surface area contributed by atoms with Gasteiger partial charge in [0.25, 0.3) is 0 Å². The second-order valence-corrected chi connectivity index (χ2v) is 9.34. The van der Waals surface area contributed by atoms with Crippen LogP contribution in [0.25, 0.3) is 16.8 Å². The Morgan fingerprint density at radius 2 is 2.03 bits per heavy atom. The number of benzene rings is 1. The molecular formula is C24H31N5O2. The lowest BCUT2D eigenvalue weighted by Crippen LogP contribution is -2.41. The molecule has 0 saturated carbocycles. The van der Waals surface area contributed by atoms with Crippen LogP contribution in [-0.4, -0.2) is 51.6 Å². The lowest BCUT2D eigenvalue weighted by molar-refractivity contribution is -0.133. The Kier molecular flexibility index (Phi) is 5.85. The smallest absolute Gasteiger partial charge is 0.223 e. The van der Waals surface area contributed by atoms with Crippen molar-refractivity contribution < 1.29 is 9.53 Å². The van der Waals surface area contributed by atoms with Crippen LogP contribution in [-0.2, 0) is 4.79 Å². The third kappa shape index (κ3) is 4.65. The maximum atomic E-state index is 12.7. The minimum Gasteiger partial charge on any atom is -0.496 e. The number of rotatable bonds is 6. The molecule has 0 aliphatic carbocycles. The zero-order chi connectivity index (χ0) is 22.0. The van der Waals surface area contributed by atoms with Crippen LogP contribution in [0.5, 0.6) is 5.75 Å². The first kappa shape index (κ1) is 21.2. The Bertz CT molecular complexity index is 1070. The van der Waals surface area contributed by atoms with Gasteiger partial charge in [0, 0.05) is 37.3 Å². The van der Waals surface area contributed by atoms with Gasteiger partial charge in [-0.3, -0.25) is 4.79 Å². The van der Waals surface area contributed by atoms with E-state index < -0.39 is 0 Å². The number of para-hydroxylation sites is 1. The summed E-state index contributed by atoms with van der Waals surface area (Å²) in [6, 6.07) is 9.99. The number of hydrogen-bond donors (Lipinski definition) is 1. The summed E-state index contributed by atoms with van der Waals surface area (Å²) in [6.45, 7) is 7.86. The predicted molar refractivity (Wildman–Crippen MR) is 122 cm³/mol. The molecule has 1 unspecified atom stereocenters. The van der Waals surface area contributed by atoms with Gasteiger partial charge in [-0.1, -0.05) is 39.0 Å². The van der Waals surface area contributed by atoms with Crippen LogP contribution in [0.2, 0.25) is 0 Å². The quantitative estimate of drug-likeness (QED) is 0.644. The van der Waals surface area contributed by atoms with Gasteiger partial charge in [-0.15, -0.1) is 0 Å². The van der Waals surface area contributed by atoms with Gasteiger partial charge < -0.3 is 15.0 Å². The largest absolute Gasteiger partial charge is 0.496 e. The summed E-state index contributed by atoms with van der Waals surface area (Å²) in [6.07, 6.45) is 6.36. The lowest BCUT2D eigenvalue weighted by atomic mass is 9.91. The van der Waals surface area contributed by atoms with Crippen LogP contribution in [0, 0.1) is 5.41 Å². The number of aromatic nitrogens is 3. The van der Waals surface area contributed by atoms with Crippen molar-refractivity contribution in [2.24, 2.45) is 5.41 Å². The van der Waals surface area contributed by atoms with E-state index in [0.29, 0.717) is 13.0 Å². The van der Waals surface area contributed by atoms with Crippen LogP contribution in [0.1, 0.15) is 40.0 Å². The van der Waals surface area contributed by atoms with Crippen molar-refractivity contribution in [2.45, 2.75) is 46.1 Å². The van der Waals surface area contributed by atoms with E-state index >= 15 is 0 Å². The molecule has 2 aromatic heterocycles. The SMILES string of the molecule is COc1ccccc1-c1cnn2ccc(NCC3CCCN3C(=O)CC(C)(C)C)nc12. The van der Waals surface area contributed by atoms with E-state index in [1.54, 1.807) is 11.6 Å². The van der Waals surface area contributed by atoms with Crippen LogP contribution in [0.4, 0.5) is 5.82 Å². The number of carbonyl (C=O) groups is 1. The number of fused-ring (bicyclic) bond motifs is 1. The fraction of sp³-hybridized carbons (Fsp3) is 0.458. The highest BCUT2D eigenvalue weighted by molar-refractivity contribution is 5.81. The zero-order valence-corrected chi connectivity index (χ0v) is 18.8. The summed E-state index contributed by atoms with van der Waals surface area (Å²) in [5.41, 5.74) is 2.64. The van der Waals surface area contributed by atoms with E-state index in [1.165, 1.54) is 0 Å². The fourth-order valence-electron chi connectivity index (χ4n) is 4.18. The first-order valence-corrected chi connectivity index (χ1v) is 10.9. The normalized spacial score (nSPS) is 16.6. The van der Waals surface area contributed by atoms with E-state index in [4.69, 9.17) is 9.72 Å². The van der Waals surface area contributed by atoms with E-state index in [0.717, 1.165) is 47.7 Å². The number of anilines is 1. The van der Waals surface area contributed by atoms with Crippen molar-refractivity contribution in [3.63, 3.8) is 0 Å². The minimum absolute atomic E-state index is 0.00114. The number of amides is 1. The molecule has 164 valence electrons. The molecule has 3 aromatic rings. The summed E-state index contributed by atoms with van der Waals surface area (Å²) in [7, 11) is 1.67. The highest BCUT2D eigenvalue weighted by atomic mass is 16.5. The summed E-state index contributed by atoms with van der Waals surface area (Å²) in [5.74, 6) is 1.81. The Morgan fingerprint density at radius 3 is 2.81 bits per heavy atom. The first-order chi connectivity index (χ1) is 14.9. The third-order valence-corrected chi connectivity index (χ3v) is 5.66. The molecule has 0 bridgehead atoms. The van der Waals surface area contributed by atoms with Crippen LogP contribution in [0.3, 0.4) is 0 Å². The second-order valence-electron chi connectivity index (χ2n) is 9.34. The molecule has 1 aliphatic heterocycles. The zero-order valence-electron chi connectivity index (χ0n) is 18.8. The average Bonchev–Trinajstić information content (AvgIpc) is 3.37. The standard InChI is InChI=1S/C24H31N5O2/c1-24(2,3)14-22(30)28-12-7-8-17(28)15-25-21-11-13-29-23(27-21)19(16-26-29)18-9-5-6-10-20(18)31-4/h5-6,9-11,13,16-17H,7-8,12,14-15H2,1-4H3,(H,25,27). The van der Waals surface area contributed by atoms with Gasteiger partial charge >= 0.3 is 0 Å². The van der Waals surface area contributed by atoms with Crippen molar-refractivity contribution in [3.05, 3.63) is 42.7 Å². The molecule has 1 aromatic carbocycles. The predicted octanol–water partition coefficient (Wildman–Crippen LogP) is 4.24. The molecule has 1 aliphatic rings. The number of nitrogens with one attached hydrogen (secondary N) is 1. The van der Waals surface area contributed by atoms with Gasteiger partial charge in [0.15, 0.2) is 5.65 Å². The molecular weight excluding hydrogens is 390 g/mol. The topological polar surface area (TPSA) is 71.8 Å². The van der Waals surface area contributed by atoms with Crippen molar-refractivity contribution >= 4 is 17.4 Å². The number of methoxy groups -OCH3 is 1. The highest BCUT2D eigenvalue weighted by Crippen LogP contribution is 2.32. The van der Waals surface area contributed by atoms with E-state index in [2.05, 4.69) is 31.2 Å². The number of nitrogens with zero attached hydrogens (tertiary/aromatic N) is 4. The van der Waals surface area contributed by atoms with Gasteiger partial charge in [0.1, 0.15) is 11.6 Å². The molecule has 4 rings (SSSR count). The van der Waals surface area contributed by atoms with Crippen molar-refractivity contribution in [1.29, 1.82) is 0 Å². The minimum atomic E-state index is 0.00114. The van der Waals surface area contributed by atoms with Crippen molar-refractivity contribution in [2.75, 3.05) is 25.5 Å². The summed E-state index contributed by atoms with van der Waals surface area (Å²) in [4.78, 5) is 19.6. The number of ether oxygens (including phenoxy) is 1. The summed E-state index contributed by atoms with van der Waals surface area (Å²) in [5, 5.41) is 7.88. The Balaban J connectivity index is 1.51. The second kappa shape index (κ2) is 8.57. The molecule has 1 saturated heterocycles. The molecule has 1 N–H and O–H groups in total. The maximum absolute atomic E-state index is 12.7. The molecule has 1 fully saturated rings. The molecule has 31 heavy (non-hydrogen) atoms. The number of likely N-dealkylation sites (tertiary alicyclic amines) is 1. The van der Waals surface area contributed by atoms with Crippen LogP contribution < -0.4 is 10.1 Å². The van der Waals surface area contributed by atoms with Crippen LogP contribution in [0.15, 0.2) is 42.7 Å². The first-order valence-electron chi connectivity index (χ1n) is 10.9. The van der Waals surface area contributed by atoms with Gasteiger partial charge in [-0.2, -0.15) is 5.10 Å². The molecule has 7 nitrogen and oxygen atoms in total. The number of carbonyl (C=O) groups excluding carboxylic acids is 1. The van der Waals surface area contributed by atoms with Crippen molar-refractivity contribution in [3.8, 4) is 16.9 Å². The van der Waals surface area contributed by atoms with Crippen molar-refractivity contribution in [1.82, 2.24) is 19.5 Å². The summed E-state index contributed by atoms with van der Waals surface area (Å²) < 4.78 is 7.28. The molecule has 1 amide bonds. The average molecular weight is 422 g/mol.